The maximum atomic E-state index is 10.9. The largest absolute Gasteiger partial charge is 0.478 e. The molecule has 0 aliphatic rings. The van der Waals surface area contributed by atoms with Gasteiger partial charge in [-0.2, -0.15) is 5.26 Å². The Morgan fingerprint density at radius 2 is 2.00 bits per heavy atom. The lowest BCUT2D eigenvalue weighted by atomic mass is 10.1. The summed E-state index contributed by atoms with van der Waals surface area (Å²) in [7, 11) is 0. The summed E-state index contributed by atoms with van der Waals surface area (Å²) < 4.78 is 0. The number of nitrogens with zero attached hydrogens (tertiary/aromatic N) is 1. The van der Waals surface area contributed by atoms with E-state index >= 15 is 0 Å². The highest BCUT2D eigenvalue weighted by atomic mass is 16.4. The van der Waals surface area contributed by atoms with Gasteiger partial charge in [0.15, 0.2) is 0 Å². The van der Waals surface area contributed by atoms with Crippen molar-refractivity contribution < 1.29 is 9.90 Å². The maximum absolute atomic E-state index is 10.9. The van der Waals surface area contributed by atoms with E-state index in [9.17, 15) is 4.79 Å². The van der Waals surface area contributed by atoms with Gasteiger partial charge in [-0.25, -0.2) is 4.79 Å². The predicted octanol–water partition coefficient (Wildman–Crippen LogP) is 2.79. The maximum Gasteiger partial charge on any atom is 0.335 e. The third-order valence-electron chi connectivity index (χ3n) is 1.95. The van der Waals surface area contributed by atoms with Crippen molar-refractivity contribution in [1.82, 2.24) is 0 Å². The van der Waals surface area contributed by atoms with Gasteiger partial charge in [0, 0.05) is 6.08 Å². The lowest BCUT2D eigenvalue weighted by Gasteiger charge is -1.93. The Balaban J connectivity index is 2.85. The van der Waals surface area contributed by atoms with Crippen LogP contribution in [0.4, 0.5) is 0 Å². The Bertz CT molecular complexity index is 505. The molecule has 1 rings (SSSR count). The molecule has 0 atom stereocenters. The number of nitriles is 1. The summed E-state index contributed by atoms with van der Waals surface area (Å²) in [5.74, 6) is -1.03. The molecule has 1 aromatic carbocycles. The van der Waals surface area contributed by atoms with E-state index in [1.165, 1.54) is 24.3 Å². The molecule has 1 N–H and O–H groups in total. The Morgan fingerprint density at radius 3 is 2.59 bits per heavy atom. The molecule has 3 heteroatoms. The van der Waals surface area contributed by atoms with E-state index in [0.717, 1.165) is 5.56 Å². The Hall–Kier alpha value is -2.60. The van der Waals surface area contributed by atoms with Crippen molar-refractivity contribution in [3.8, 4) is 6.07 Å². The minimum absolute atomic E-state index is 0.125. The summed E-state index contributed by atoms with van der Waals surface area (Å²) >= 11 is 0. The second-order valence-electron chi connectivity index (χ2n) is 3.16. The molecule has 0 heterocycles. The molecule has 1 aromatic rings. The SMILES string of the molecule is N#CC=CC=C(C=Cc1ccccc1)C(=O)O. The Morgan fingerprint density at radius 1 is 1.29 bits per heavy atom. The van der Waals surface area contributed by atoms with Crippen molar-refractivity contribution in [1.29, 1.82) is 5.26 Å². The van der Waals surface area contributed by atoms with Crippen LogP contribution < -0.4 is 0 Å². The van der Waals surface area contributed by atoms with Crippen LogP contribution in [0.5, 0.6) is 0 Å². The van der Waals surface area contributed by atoms with Gasteiger partial charge < -0.3 is 5.11 Å². The van der Waals surface area contributed by atoms with Gasteiger partial charge in [-0.05, 0) is 17.7 Å². The van der Waals surface area contributed by atoms with Crippen molar-refractivity contribution in [3.63, 3.8) is 0 Å². The van der Waals surface area contributed by atoms with Crippen molar-refractivity contribution in [2.45, 2.75) is 0 Å². The van der Waals surface area contributed by atoms with Gasteiger partial charge in [0.25, 0.3) is 0 Å². The highest BCUT2D eigenvalue weighted by Crippen LogP contribution is 2.05. The quantitative estimate of drug-likeness (QED) is 0.487. The minimum atomic E-state index is -1.03. The van der Waals surface area contributed by atoms with Gasteiger partial charge in [-0.1, -0.05) is 42.5 Å². The highest BCUT2D eigenvalue weighted by Gasteiger charge is 2.00. The van der Waals surface area contributed by atoms with E-state index < -0.39 is 5.97 Å². The normalized spacial score (nSPS) is 11.8. The molecule has 0 radical (unpaired) electrons. The molecule has 0 spiro atoms. The molecular weight excluding hydrogens is 214 g/mol. The number of hydrogen-bond donors (Lipinski definition) is 1. The van der Waals surface area contributed by atoms with Crippen molar-refractivity contribution in [3.05, 3.63) is 65.8 Å². The molecular formula is C14H11NO2. The number of aliphatic carboxylic acids is 1. The van der Waals surface area contributed by atoms with Crippen LogP contribution in [0, 0.1) is 11.3 Å². The number of allylic oxidation sites excluding steroid dienone is 3. The van der Waals surface area contributed by atoms with Crippen molar-refractivity contribution in [2.24, 2.45) is 0 Å². The van der Waals surface area contributed by atoms with E-state index in [0.29, 0.717) is 0 Å². The number of rotatable bonds is 4. The van der Waals surface area contributed by atoms with Crippen LogP contribution in [0.3, 0.4) is 0 Å². The first-order chi connectivity index (χ1) is 8.24. The number of carbonyl (C=O) groups is 1. The van der Waals surface area contributed by atoms with Crippen LogP contribution >= 0.6 is 0 Å². The van der Waals surface area contributed by atoms with Gasteiger partial charge in [-0.3, -0.25) is 0 Å². The number of carboxylic acids is 1. The molecule has 0 aromatic heterocycles. The minimum Gasteiger partial charge on any atom is -0.478 e. The molecule has 0 saturated carbocycles. The van der Waals surface area contributed by atoms with Crippen molar-refractivity contribution >= 4 is 12.0 Å². The van der Waals surface area contributed by atoms with Gasteiger partial charge in [-0.15, -0.1) is 0 Å². The van der Waals surface area contributed by atoms with Gasteiger partial charge in [0.05, 0.1) is 11.6 Å². The first-order valence-electron chi connectivity index (χ1n) is 4.97. The molecule has 17 heavy (non-hydrogen) atoms. The Kier molecular flexibility index (Phi) is 4.99. The molecule has 0 unspecified atom stereocenters. The predicted molar refractivity (Wildman–Crippen MR) is 65.9 cm³/mol. The number of benzene rings is 1. The zero-order chi connectivity index (χ0) is 12.5. The zero-order valence-corrected chi connectivity index (χ0v) is 9.08. The zero-order valence-electron chi connectivity index (χ0n) is 9.08. The topological polar surface area (TPSA) is 61.1 Å². The fourth-order valence-electron chi connectivity index (χ4n) is 1.14. The molecule has 0 saturated heterocycles. The van der Waals surface area contributed by atoms with E-state index in [1.807, 2.05) is 30.3 Å². The molecule has 0 bridgehead atoms. The number of carboxylic acid groups (broad SMARTS) is 1. The standard InChI is InChI=1S/C14H11NO2/c15-11-5-4-8-13(14(16)17)10-9-12-6-2-1-3-7-12/h1-10H,(H,16,17). The third-order valence-corrected chi connectivity index (χ3v) is 1.95. The van der Waals surface area contributed by atoms with E-state index in [2.05, 4.69) is 0 Å². The summed E-state index contributed by atoms with van der Waals surface area (Å²) in [6.45, 7) is 0. The van der Waals surface area contributed by atoms with E-state index in [-0.39, 0.29) is 5.57 Å². The molecule has 0 amide bonds. The van der Waals surface area contributed by atoms with Gasteiger partial charge in [0.2, 0.25) is 0 Å². The van der Waals surface area contributed by atoms with Crippen LogP contribution in [-0.4, -0.2) is 11.1 Å². The van der Waals surface area contributed by atoms with Crippen LogP contribution in [0.15, 0.2) is 60.2 Å². The molecule has 84 valence electrons. The highest BCUT2D eigenvalue weighted by molar-refractivity contribution is 5.91. The van der Waals surface area contributed by atoms with Crippen LogP contribution in [0.2, 0.25) is 0 Å². The fraction of sp³-hybridized carbons (Fsp3) is 0. The lowest BCUT2D eigenvalue weighted by molar-refractivity contribution is -0.132. The monoisotopic (exact) mass is 225 g/mol. The summed E-state index contributed by atoms with van der Waals surface area (Å²) in [6, 6.07) is 11.2. The molecule has 3 nitrogen and oxygen atoms in total. The average Bonchev–Trinajstić information content (AvgIpc) is 2.34. The summed E-state index contributed by atoms with van der Waals surface area (Å²) in [5, 5.41) is 17.2. The van der Waals surface area contributed by atoms with E-state index in [4.69, 9.17) is 10.4 Å². The second kappa shape index (κ2) is 6.81. The molecule has 0 aliphatic heterocycles. The average molecular weight is 225 g/mol. The second-order valence-corrected chi connectivity index (χ2v) is 3.16. The third kappa shape index (κ3) is 4.63. The van der Waals surface area contributed by atoms with Gasteiger partial charge in [0.1, 0.15) is 0 Å². The van der Waals surface area contributed by atoms with Crippen molar-refractivity contribution in [2.75, 3.05) is 0 Å². The summed E-state index contributed by atoms with van der Waals surface area (Å²) in [4.78, 5) is 10.9. The van der Waals surface area contributed by atoms with Crippen LogP contribution in [0.25, 0.3) is 6.08 Å². The smallest absolute Gasteiger partial charge is 0.335 e. The Labute approximate surface area is 99.6 Å². The first-order valence-corrected chi connectivity index (χ1v) is 4.97. The van der Waals surface area contributed by atoms with E-state index in [1.54, 1.807) is 12.1 Å². The lowest BCUT2D eigenvalue weighted by Crippen LogP contribution is -1.96. The van der Waals surface area contributed by atoms with Crippen LogP contribution in [0.1, 0.15) is 5.56 Å². The molecule has 0 fully saturated rings. The van der Waals surface area contributed by atoms with Gasteiger partial charge >= 0.3 is 5.97 Å². The summed E-state index contributed by atoms with van der Waals surface area (Å²) in [5.41, 5.74) is 1.05. The fourth-order valence-corrected chi connectivity index (χ4v) is 1.14. The van der Waals surface area contributed by atoms with Crippen LogP contribution in [-0.2, 0) is 4.79 Å². The number of hydrogen-bond acceptors (Lipinski definition) is 2. The molecule has 0 aliphatic carbocycles. The summed E-state index contributed by atoms with van der Waals surface area (Å²) in [6.07, 6.45) is 7.21. The first kappa shape index (κ1) is 12.5.